The Kier molecular flexibility index (Phi) is 5.46. The van der Waals surface area contributed by atoms with E-state index in [0.29, 0.717) is 6.42 Å². The number of carbonyl (C=O) groups is 1. The van der Waals surface area contributed by atoms with Crippen molar-refractivity contribution in [2.75, 3.05) is 0 Å². The SMILES string of the molecule is O=C(n1cncn1)n1nc(Cc2ccccc2)nc1C(Cl)(Cl)C(Cl)(Cl)Cl. The summed E-state index contributed by atoms with van der Waals surface area (Å²) >= 11 is 30.0. The molecule has 0 aliphatic heterocycles. The van der Waals surface area contributed by atoms with Gasteiger partial charge in [-0.2, -0.15) is 14.5 Å². The highest BCUT2D eigenvalue weighted by atomic mass is 35.6. The summed E-state index contributed by atoms with van der Waals surface area (Å²) < 4.78 is -2.55. The van der Waals surface area contributed by atoms with Gasteiger partial charge < -0.3 is 0 Å². The number of halogens is 5. The molecule has 0 aliphatic rings. The summed E-state index contributed by atoms with van der Waals surface area (Å²) in [6.07, 6.45) is 2.68. The number of nitrogens with zero attached hydrogens (tertiary/aromatic N) is 6. The molecule has 12 heteroatoms. The molecule has 0 fully saturated rings. The molecule has 2 aromatic heterocycles. The molecule has 7 nitrogen and oxygen atoms in total. The Morgan fingerprint density at radius 1 is 1.08 bits per heavy atom. The minimum atomic E-state index is -2.17. The van der Waals surface area contributed by atoms with E-state index in [1.807, 2.05) is 30.3 Å². The Balaban J connectivity index is 2.07. The van der Waals surface area contributed by atoms with Gasteiger partial charge in [0.1, 0.15) is 12.7 Å². The van der Waals surface area contributed by atoms with E-state index in [0.717, 1.165) is 14.9 Å². The largest absolute Gasteiger partial charge is 0.372 e. The minimum absolute atomic E-state index is 0.243. The van der Waals surface area contributed by atoms with Gasteiger partial charge >= 0.3 is 6.03 Å². The first-order chi connectivity index (χ1) is 12.2. The molecule has 0 saturated carbocycles. The van der Waals surface area contributed by atoms with E-state index in [-0.39, 0.29) is 11.6 Å². The zero-order chi connectivity index (χ0) is 18.9. The third kappa shape index (κ3) is 3.82. The van der Waals surface area contributed by atoms with Crippen LogP contribution in [0.5, 0.6) is 0 Å². The molecule has 3 rings (SSSR count). The number of hydrogen-bond acceptors (Lipinski definition) is 5. The van der Waals surface area contributed by atoms with Crippen LogP contribution in [0.4, 0.5) is 4.79 Å². The van der Waals surface area contributed by atoms with Gasteiger partial charge in [-0.1, -0.05) is 88.3 Å². The van der Waals surface area contributed by atoms with Crippen LogP contribution in [0.2, 0.25) is 0 Å². The monoisotopic (exact) mass is 452 g/mol. The van der Waals surface area contributed by atoms with E-state index in [1.165, 1.54) is 12.7 Å². The molecule has 0 bridgehead atoms. The summed E-state index contributed by atoms with van der Waals surface area (Å²) in [7, 11) is 0. The van der Waals surface area contributed by atoms with Crippen molar-refractivity contribution in [3.63, 3.8) is 0 Å². The first kappa shape index (κ1) is 19.4. The van der Waals surface area contributed by atoms with Gasteiger partial charge in [0.25, 0.3) is 0 Å². The smallest absolute Gasteiger partial charge is 0.243 e. The maximum absolute atomic E-state index is 12.6. The van der Waals surface area contributed by atoms with Crippen molar-refractivity contribution in [3.8, 4) is 0 Å². The highest BCUT2D eigenvalue weighted by molar-refractivity contribution is 6.75. The van der Waals surface area contributed by atoms with Crippen molar-refractivity contribution < 1.29 is 4.79 Å². The summed E-state index contributed by atoms with van der Waals surface area (Å²) in [5, 5.41) is 7.92. The molecular formula is C14H9Cl5N6O. The Morgan fingerprint density at radius 2 is 1.77 bits per heavy atom. The van der Waals surface area contributed by atoms with Crippen LogP contribution in [0.25, 0.3) is 0 Å². The van der Waals surface area contributed by atoms with Crippen LogP contribution in [0, 0.1) is 0 Å². The minimum Gasteiger partial charge on any atom is -0.243 e. The molecular weight excluding hydrogens is 445 g/mol. The molecule has 3 aromatic rings. The van der Waals surface area contributed by atoms with Gasteiger partial charge in [0.15, 0.2) is 11.6 Å². The lowest BCUT2D eigenvalue weighted by atomic mass is 10.1. The van der Waals surface area contributed by atoms with Gasteiger partial charge in [-0.3, -0.25) is 0 Å². The first-order valence-electron chi connectivity index (χ1n) is 7.04. The average Bonchev–Trinajstić information content (AvgIpc) is 3.24. The molecule has 1 aromatic carbocycles. The third-order valence-corrected chi connectivity index (χ3v) is 5.62. The molecule has 0 spiro atoms. The van der Waals surface area contributed by atoms with Crippen LogP contribution >= 0.6 is 58.0 Å². The van der Waals surface area contributed by atoms with Crippen LogP contribution in [0.3, 0.4) is 0 Å². The zero-order valence-corrected chi connectivity index (χ0v) is 16.5. The Bertz CT molecular complexity index is 904. The average molecular weight is 455 g/mol. The maximum Gasteiger partial charge on any atom is 0.372 e. The van der Waals surface area contributed by atoms with Crippen molar-refractivity contribution >= 4 is 64.0 Å². The quantitative estimate of drug-likeness (QED) is 0.560. The van der Waals surface area contributed by atoms with Crippen molar-refractivity contribution in [2.24, 2.45) is 0 Å². The fourth-order valence-electron chi connectivity index (χ4n) is 2.08. The molecule has 0 saturated heterocycles. The summed E-state index contributed by atoms with van der Waals surface area (Å²) in [6.45, 7) is 0. The lowest BCUT2D eigenvalue weighted by Gasteiger charge is -2.25. The predicted molar refractivity (Wildman–Crippen MR) is 99.2 cm³/mol. The molecule has 0 amide bonds. The lowest BCUT2D eigenvalue weighted by Crippen LogP contribution is -2.35. The maximum atomic E-state index is 12.6. The van der Waals surface area contributed by atoms with E-state index >= 15 is 0 Å². The highest BCUT2D eigenvalue weighted by Gasteiger charge is 2.52. The normalized spacial score (nSPS) is 12.3. The second-order valence-electron chi connectivity index (χ2n) is 5.12. The fraction of sp³-hybridized carbons (Fsp3) is 0.214. The number of hydrogen-bond donors (Lipinski definition) is 0. The lowest BCUT2D eigenvalue weighted by molar-refractivity contribution is 0.237. The second-order valence-corrected chi connectivity index (χ2v) is 8.73. The number of rotatable bonds is 3. The Morgan fingerprint density at radius 3 is 2.35 bits per heavy atom. The van der Waals surface area contributed by atoms with Gasteiger partial charge in [0.05, 0.1) is 0 Å². The Hall–Kier alpha value is -1.38. The van der Waals surface area contributed by atoms with Crippen molar-refractivity contribution in [2.45, 2.75) is 14.5 Å². The summed E-state index contributed by atoms with van der Waals surface area (Å²) in [6, 6.07) is 8.63. The van der Waals surface area contributed by atoms with E-state index in [9.17, 15) is 4.79 Å². The third-order valence-electron chi connectivity index (χ3n) is 3.29. The fourth-order valence-corrected chi connectivity index (χ4v) is 2.57. The predicted octanol–water partition coefficient (Wildman–Crippen LogP) is 3.98. The summed E-state index contributed by atoms with van der Waals surface area (Å²) in [4.78, 5) is 20.6. The number of carbonyl (C=O) groups excluding carboxylic acids is 1. The van der Waals surface area contributed by atoms with Crippen LogP contribution in [-0.2, 0) is 10.8 Å². The molecule has 0 N–H and O–H groups in total. The van der Waals surface area contributed by atoms with Crippen LogP contribution < -0.4 is 0 Å². The highest BCUT2D eigenvalue weighted by Crippen LogP contribution is 2.52. The number of benzene rings is 1. The molecule has 0 atom stereocenters. The van der Waals surface area contributed by atoms with E-state index in [2.05, 4.69) is 20.2 Å². The van der Waals surface area contributed by atoms with Crippen LogP contribution in [0.1, 0.15) is 17.2 Å². The molecule has 0 aliphatic carbocycles. The van der Waals surface area contributed by atoms with Crippen molar-refractivity contribution in [1.29, 1.82) is 0 Å². The van der Waals surface area contributed by atoms with E-state index in [1.54, 1.807) is 0 Å². The first-order valence-corrected chi connectivity index (χ1v) is 8.93. The summed E-state index contributed by atoms with van der Waals surface area (Å²) in [5.41, 5.74) is 0.910. The number of aromatic nitrogens is 6. The standard InChI is InChI=1S/C14H9Cl5N6O/c15-13(16,14(17,18)19)11-22-10(6-9-4-2-1-3-5-9)23-25(11)12(26)24-8-20-7-21-24/h1-5,7-8H,6H2. The topological polar surface area (TPSA) is 78.5 Å². The van der Waals surface area contributed by atoms with Gasteiger partial charge in [-0.15, -0.1) is 5.10 Å². The van der Waals surface area contributed by atoms with Crippen LogP contribution in [0.15, 0.2) is 43.0 Å². The number of alkyl halides is 5. The molecule has 0 unspecified atom stereocenters. The van der Waals surface area contributed by atoms with Gasteiger partial charge in [0, 0.05) is 6.42 Å². The molecule has 0 radical (unpaired) electrons. The van der Waals surface area contributed by atoms with Gasteiger partial charge in [-0.05, 0) is 5.56 Å². The van der Waals surface area contributed by atoms with E-state index in [4.69, 9.17) is 58.0 Å². The van der Waals surface area contributed by atoms with E-state index < -0.39 is 14.2 Å². The molecule has 2 heterocycles. The Labute approximate surface area is 172 Å². The summed E-state index contributed by atoms with van der Waals surface area (Å²) in [5.74, 6) is 0.0202. The van der Waals surface area contributed by atoms with Crippen molar-refractivity contribution in [3.05, 3.63) is 60.2 Å². The van der Waals surface area contributed by atoms with Crippen LogP contribution in [-0.4, -0.2) is 39.4 Å². The van der Waals surface area contributed by atoms with Gasteiger partial charge in [0.2, 0.25) is 8.13 Å². The zero-order valence-electron chi connectivity index (χ0n) is 12.7. The molecule has 26 heavy (non-hydrogen) atoms. The molecule has 136 valence electrons. The second kappa shape index (κ2) is 7.32. The van der Waals surface area contributed by atoms with Gasteiger partial charge in [-0.25, -0.2) is 14.8 Å². The van der Waals surface area contributed by atoms with Crippen molar-refractivity contribution in [1.82, 2.24) is 29.5 Å².